The van der Waals surface area contributed by atoms with Gasteiger partial charge in [-0.05, 0) is 36.6 Å². The molecule has 2 aromatic carbocycles. The highest BCUT2D eigenvalue weighted by molar-refractivity contribution is 6.33. The number of rotatable bonds is 5. The van der Waals surface area contributed by atoms with Crippen LogP contribution in [-0.4, -0.2) is 42.7 Å². The molecule has 2 aliphatic rings. The van der Waals surface area contributed by atoms with E-state index >= 15 is 0 Å². The first kappa shape index (κ1) is 18.2. The molecule has 4 nitrogen and oxygen atoms in total. The average molecular weight is 384 g/mol. The predicted molar refractivity (Wildman–Crippen MR) is 105 cm³/mol. The van der Waals surface area contributed by atoms with Gasteiger partial charge in [0.1, 0.15) is 5.75 Å². The van der Waals surface area contributed by atoms with Gasteiger partial charge in [0, 0.05) is 31.5 Å². The van der Waals surface area contributed by atoms with E-state index in [9.17, 15) is 9.59 Å². The van der Waals surface area contributed by atoms with Crippen LogP contribution in [0.25, 0.3) is 0 Å². The van der Waals surface area contributed by atoms with E-state index < -0.39 is 0 Å². The summed E-state index contributed by atoms with van der Waals surface area (Å²) in [4.78, 5) is 27.1. The van der Waals surface area contributed by atoms with Gasteiger partial charge in [-0.3, -0.25) is 9.59 Å². The van der Waals surface area contributed by atoms with Crippen molar-refractivity contribution in [1.82, 2.24) is 4.90 Å². The molecule has 1 saturated heterocycles. The molecule has 0 aliphatic carbocycles. The van der Waals surface area contributed by atoms with Crippen molar-refractivity contribution in [2.75, 3.05) is 26.2 Å². The van der Waals surface area contributed by atoms with Gasteiger partial charge >= 0.3 is 0 Å². The molecule has 0 N–H and O–H groups in total. The summed E-state index contributed by atoms with van der Waals surface area (Å²) in [5, 5.41) is 0.342. The molecule has 0 radical (unpaired) electrons. The lowest BCUT2D eigenvalue weighted by Gasteiger charge is -2.19. The second kappa shape index (κ2) is 7.83. The summed E-state index contributed by atoms with van der Waals surface area (Å²) in [6.07, 6.45) is 1.87. The number of benzene rings is 2. The van der Waals surface area contributed by atoms with E-state index in [2.05, 4.69) is 29.2 Å². The molecule has 0 amide bonds. The monoisotopic (exact) mass is 383 g/mol. The Morgan fingerprint density at radius 2 is 2.04 bits per heavy atom. The number of hydrogen-bond donors (Lipinski definition) is 0. The molecule has 2 aromatic rings. The highest BCUT2D eigenvalue weighted by Gasteiger charge is 2.26. The molecular formula is C22H22ClNO3. The van der Waals surface area contributed by atoms with Crippen molar-refractivity contribution in [2.45, 2.75) is 25.2 Å². The van der Waals surface area contributed by atoms with Crippen LogP contribution in [0.4, 0.5) is 0 Å². The van der Waals surface area contributed by atoms with E-state index in [1.165, 1.54) is 5.56 Å². The molecule has 1 fully saturated rings. The molecule has 0 bridgehead atoms. The van der Waals surface area contributed by atoms with Crippen molar-refractivity contribution < 1.29 is 14.3 Å². The summed E-state index contributed by atoms with van der Waals surface area (Å²) in [6.45, 7) is 3.05. The topological polar surface area (TPSA) is 46.6 Å². The van der Waals surface area contributed by atoms with E-state index in [1.54, 1.807) is 12.1 Å². The van der Waals surface area contributed by atoms with E-state index in [1.807, 2.05) is 6.07 Å². The van der Waals surface area contributed by atoms with Crippen molar-refractivity contribution in [3.63, 3.8) is 0 Å². The number of likely N-dealkylation sites (tertiary alicyclic amines) is 1. The number of nitrogens with zero attached hydrogens (tertiary/aromatic N) is 1. The number of Topliss-reactive ketones (excluding diaryl/α,β-unsaturated/α-hetero) is 2. The standard InChI is InChI=1S/C22H22ClNO3/c23-19-13-17(12-18-21(26)8-11-27-22(18)19)20(25)7-10-24-9-6-16(14-24)15-4-2-1-3-5-15/h1-5,12-13,16H,6-11,14H2. The van der Waals surface area contributed by atoms with Crippen molar-refractivity contribution in [3.05, 3.63) is 64.2 Å². The van der Waals surface area contributed by atoms with Crippen LogP contribution < -0.4 is 4.74 Å². The number of ether oxygens (including phenoxy) is 1. The lowest BCUT2D eigenvalue weighted by Crippen LogP contribution is -2.24. The van der Waals surface area contributed by atoms with Gasteiger partial charge in [0.15, 0.2) is 11.6 Å². The second-order valence-corrected chi connectivity index (χ2v) is 7.63. The second-order valence-electron chi connectivity index (χ2n) is 7.23. The fourth-order valence-electron chi connectivity index (χ4n) is 3.93. The SMILES string of the molecule is O=C(CCN1CCC(c2ccccc2)C1)c1cc(Cl)c2c(c1)C(=O)CCO2. The summed E-state index contributed by atoms with van der Waals surface area (Å²) in [7, 11) is 0. The molecule has 2 heterocycles. The average Bonchev–Trinajstić information content (AvgIpc) is 3.16. The fraction of sp³-hybridized carbons (Fsp3) is 0.364. The summed E-state index contributed by atoms with van der Waals surface area (Å²) in [5.41, 5.74) is 2.30. The first-order chi connectivity index (χ1) is 13.1. The third-order valence-electron chi connectivity index (χ3n) is 5.44. The van der Waals surface area contributed by atoms with E-state index in [0.29, 0.717) is 47.3 Å². The normalized spacial score (nSPS) is 19.6. The maximum Gasteiger partial charge on any atom is 0.170 e. The number of carbonyl (C=O) groups excluding carboxylic acids is 2. The first-order valence-corrected chi connectivity index (χ1v) is 9.79. The Hall–Kier alpha value is -2.17. The van der Waals surface area contributed by atoms with Gasteiger partial charge in [0.25, 0.3) is 0 Å². The number of ketones is 2. The maximum atomic E-state index is 12.7. The Morgan fingerprint density at radius 3 is 2.85 bits per heavy atom. The van der Waals surface area contributed by atoms with Crippen molar-refractivity contribution in [1.29, 1.82) is 0 Å². The smallest absolute Gasteiger partial charge is 0.170 e. The van der Waals surface area contributed by atoms with Crippen LogP contribution in [0.5, 0.6) is 5.75 Å². The Kier molecular flexibility index (Phi) is 5.28. The van der Waals surface area contributed by atoms with E-state index in [4.69, 9.17) is 16.3 Å². The van der Waals surface area contributed by atoms with Crippen LogP contribution in [-0.2, 0) is 0 Å². The largest absolute Gasteiger partial charge is 0.491 e. The Morgan fingerprint density at radius 1 is 1.22 bits per heavy atom. The van der Waals surface area contributed by atoms with Crippen LogP contribution in [0, 0.1) is 0 Å². The highest BCUT2D eigenvalue weighted by Crippen LogP contribution is 2.34. The molecular weight excluding hydrogens is 362 g/mol. The minimum Gasteiger partial charge on any atom is -0.491 e. The third kappa shape index (κ3) is 3.92. The van der Waals surface area contributed by atoms with Crippen molar-refractivity contribution in [3.8, 4) is 5.75 Å². The van der Waals surface area contributed by atoms with Crippen LogP contribution in [0.15, 0.2) is 42.5 Å². The maximum absolute atomic E-state index is 12.7. The van der Waals surface area contributed by atoms with Gasteiger partial charge in [-0.15, -0.1) is 0 Å². The zero-order valence-corrected chi connectivity index (χ0v) is 15.9. The van der Waals surface area contributed by atoms with Crippen LogP contribution in [0.1, 0.15) is 51.5 Å². The molecule has 0 spiro atoms. The summed E-state index contributed by atoms with van der Waals surface area (Å²) in [6, 6.07) is 13.8. The summed E-state index contributed by atoms with van der Waals surface area (Å²) >= 11 is 6.23. The van der Waals surface area contributed by atoms with Gasteiger partial charge in [-0.1, -0.05) is 41.9 Å². The fourth-order valence-corrected chi connectivity index (χ4v) is 4.20. The minimum atomic E-state index is -0.0157. The van der Waals surface area contributed by atoms with E-state index in [0.717, 1.165) is 26.1 Å². The summed E-state index contributed by atoms with van der Waals surface area (Å²) in [5.74, 6) is 0.947. The Labute approximate surface area is 164 Å². The number of fused-ring (bicyclic) bond motifs is 1. The summed E-state index contributed by atoms with van der Waals surface area (Å²) < 4.78 is 5.48. The molecule has 1 unspecified atom stereocenters. The predicted octanol–water partition coefficient (Wildman–Crippen LogP) is 4.37. The molecule has 2 aliphatic heterocycles. The first-order valence-electron chi connectivity index (χ1n) is 9.42. The molecule has 0 aromatic heterocycles. The molecule has 27 heavy (non-hydrogen) atoms. The number of halogens is 1. The van der Waals surface area contributed by atoms with Crippen LogP contribution in [0.3, 0.4) is 0 Å². The van der Waals surface area contributed by atoms with Crippen molar-refractivity contribution in [2.24, 2.45) is 0 Å². The quantitative estimate of drug-likeness (QED) is 0.719. The van der Waals surface area contributed by atoms with Gasteiger partial charge in [0.05, 0.1) is 17.2 Å². The Bertz CT molecular complexity index is 865. The molecule has 5 heteroatoms. The number of carbonyl (C=O) groups is 2. The lowest BCUT2D eigenvalue weighted by atomic mass is 9.98. The van der Waals surface area contributed by atoms with Gasteiger partial charge < -0.3 is 9.64 Å². The highest BCUT2D eigenvalue weighted by atomic mass is 35.5. The molecule has 4 rings (SSSR count). The van der Waals surface area contributed by atoms with Crippen molar-refractivity contribution >= 4 is 23.2 Å². The molecule has 140 valence electrons. The zero-order chi connectivity index (χ0) is 18.8. The molecule has 1 atom stereocenters. The van der Waals surface area contributed by atoms with Crippen LogP contribution in [0.2, 0.25) is 5.02 Å². The van der Waals surface area contributed by atoms with E-state index in [-0.39, 0.29) is 11.6 Å². The zero-order valence-electron chi connectivity index (χ0n) is 15.1. The minimum absolute atomic E-state index is 0.0150. The third-order valence-corrected chi connectivity index (χ3v) is 5.72. The van der Waals surface area contributed by atoms with Gasteiger partial charge in [-0.2, -0.15) is 0 Å². The lowest BCUT2D eigenvalue weighted by molar-refractivity contribution is 0.0933. The molecule has 0 saturated carbocycles. The number of hydrogen-bond acceptors (Lipinski definition) is 4. The van der Waals surface area contributed by atoms with Crippen LogP contribution >= 0.6 is 11.6 Å². The Balaban J connectivity index is 1.38. The van der Waals surface area contributed by atoms with Gasteiger partial charge in [0.2, 0.25) is 0 Å². The van der Waals surface area contributed by atoms with Gasteiger partial charge in [-0.25, -0.2) is 0 Å².